The number of hydrogen-bond donors (Lipinski definition) is 0. The fraction of sp³-hybridized carbons (Fsp3) is 0.920. The molecule has 4 unspecified atom stereocenters. The second-order valence-corrected chi connectivity index (χ2v) is 25.5. The van der Waals surface area contributed by atoms with Gasteiger partial charge in [-0.3, -0.25) is 0 Å². The van der Waals surface area contributed by atoms with Crippen LogP contribution in [0, 0.1) is 0 Å². The Kier molecular flexibility index (Phi) is 11.6. The summed E-state index contributed by atoms with van der Waals surface area (Å²) in [4.78, 5) is 0. The van der Waals surface area contributed by atoms with Crippen LogP contribution in [0.5, 0.6) is 0 Å². The third kappa shape index (κ3) is 9.25. The molecule has 208 valence electrons. The largest absolute Gasteiger partial charge is 0.414 e. The van der Waals surface area contributed by atoms with Gasteiger partial charge in [-0.05, 0) is 95.0 Å². The second kappa shape index (κ2) is 12.0. The lowest BCUT2D eigenvalue weighted by Crippen LogP contribution is -2.57. The number of methoxy groups -OCH3 is 1. The highest BCUT2D eigenvalue weighted by molar-refractivity contribution is 9.28. The normalized spacial score (nSPS) is 24.2. The van der Waals surface area contributed by atoms with Crippen molar-refractivity contribution in [2.45, 2.75) is 128 Å². The van der Waals surface area contributed by atoms with Crippen LogP contribution in [0.4, 0.5) is 0 Å². The molecule has 0 aromatic heterocycles. The zero-order valence-corrected chi connectivity index (χ0v) is 29.6. The highest BCUT2D eigenvalue weighted by Gasteiger charge is 2.55. The van der Waals surface area contributed by atoms with Gasteiger partial charge in [-0.25, -0.2) is 0 Å². The molecule has 0 aliphatic carbocycles. The number of hydrogen-bond acceptors (Lipinski definition) is 6. The maximum atomic E-state index is 7.02. The highest BCUT2D eigenvalue weighted by atomic mass is 79.9. The summed E-state index contributed by atoms with van der Waals surface area (Å²) >= 11 is 7.01. The van der Waals surface area contributed by atoms with Crippen LogP contribution >= 0.6 is 31.9 Å². The zero-order chi connectivity index (χ0) is 27.7. The van der Waals surface area contributed by atoms with E-state index in [0.29, 0.717) is 6.61 Å². The molecule has 1 aliphatic rings. The van der Waals surface area contributed by atoms with Gasteiger partial charge < -0.3 is 27.8 Å². The summed E-state index contributed by atoms with van der Waals surface area (Å²) in [7, 11) is -2.59. The molecule has 4 atom stereocenters. The number of ether oxygens (including phenoxy) is 4. The molecule has 0 bridgehead atoms. The molecule has 0 aromatic rings. The van der Waals surface area contributed by atoms with Crippen LogP contribution in [0.3, 0.4) is 0 Å². The molecule has 0 aromatic carbocycles. The van der Waals surface area contributed by atoms with Crippen LogP contribution in [0.25, 0.3) is 0 Å². The van der Waals surface area contributed by atoms with Gasteiger partial charge in [0.25, 0.3) is 0 Å². The first-order chi connectivity index (χ1) is 15.5. The Labute approximate surface area is 233 Å². The standard InChI is InChI=1S/C25H50Br2O6Si2/c1-22(2,3)34(11,12)30-16-18(33-35(13,14)23(4,5)6)20-21(32-24(7,8)31-20)25(9,15-19(26)27)29-17-28-10/h15,18,20-21H,16-17H2,1-14H3. The Morgan fingerprint density at radius 1 is 0.943 bits per heavy atom. The molecule has 1 saturated heterocycles. The average Bonchev–Trinajstić information content (AvgIpc) is 2.97. The Bertz CT molecular complexity index is 726. The van der Waals surface area contributed by atoms with E-state index in [1.165, 1.54) is 0 Å². The zero-order valence-electron chi connectivity index (χ0n) is 24.4. The molecule has 0 N–H and O–H groups in total. The van der Waals surface area contributed by atoms with Crippen molar-refractivity contribution >= 4 is 48.5 Å². The van der Waals surface area contributed by atoms with Crippen molar-refractivity contribution in [1.29, 1.82) is 0 Å². The van der Waals surface area contributed by atoms with E-state index in [2.05, 4.69) is 99.6 Å². The third-order valence-electron chi connectivity index (χ3n) is 7.61. The van der Waals surface area contributed by atoms with E-state index >= 15 is 0 Å². The Balaban J connectivity index is 3.53. The van der Waals surface area contributed by atoms with Crippen molar-refractivity contribution in [2.24, 2.45) is 0 Å². The molecule has 0 spiro atoms. The van der Waals surface area contributed by atoms with E-state index in [0.717, 1.165) is 3.39 Å². The summed E-state index contributed by atoms with van der Waals surface area (Å²) in [5, 5.41) is 0.112. The van der Waals surface area contributed by atoms with Crippen LogP contribution in [-0.2, 0) is 27.8 Å². The van der Waals surface area contributed by atoms with Crippen LogP contribution in [0.15, 0.2) is 9.47 Å². The summed E-state index contributed by atoms with van der Waals surface area (Å²) in [6.07, 6.45) is 0.730. The van der Waals surface area contributed by atoms with Crippen molar-refractivity contribution < 1.29 is 27.8 Å². The molecule has 1 aliphatic heterocycles. The summed E-state index contributed by atoms with van der Waals surface area (Å²) in [5.41, 5.74) is -0.858. The van der Waals surface area contributed by atoms with E-state index in [1.54, 1.807) is 7.11 Å². The molecule has 1 heterocycles. The predicted octanol–water partition coefficient (Wildman–Crippen LogP) is 7.93. The van der Waals surface area contributed by atoms with Crippen LogP contribution in [0.2, 0.25) is 36.3 Å². The number of rotatable bonds is 11. The van der Waals surface area contributed by atoms with Gasteiger partial charge in [0, 0.05) is 7.11 Å². The smallest absolute Gasteiger partial charge is 0.192 e. The summed E-state index contributed by atoms with van der Waals surface area (Å²) in [6, 6.07) is 0. The molecular weight excluding hydrogens is 612 g/mol. The van der Waals surface area contributed by atoms with Gasteiger partial charge in [0.15, 0.2) is 22.4 Å². The topological polar surface area (TPSA) is 55.4 Å². The average molecular weight is 663 g/mol. The van der Waals surface area contributed by atoms with Crippen LogP contribution in [0.1, 0.15) is 62.3 Å². The van der Waals surface area contributed by atoms with Gasteiger partial charge in [0.05, 0.1) is 16.1 Å². The van der Waals surface area contributed by atoms with E-state index in [-0.39, 0.29) is 23.0 Å². The predicted molar refractivity (Wildman–Crippen MR) is 156 cm³/mol. The quantitative estimate of drug-likeness (QED) is 0.166. The number of halogens is 2. The molecule has 1 fully saturated rings. The lowest BCUT2D eigenvalue weighted by Gasteiger charge is -2.44. The Morgan fingerprint density at radius 2 is 1.46 bits per heavy atom. The van der Waals surface area contributed by atoms with E-state index in [1.807, 2.05) is 26.8 Å². The molecule has 0 amide bonds. The van der Waals surface area contributed by atoms with E-state index in [9.17, 15) is 0 Å². The van der Waals surface area contributed by atoms with Crippen molar-refractivity contribution in [3.05, 3.63) is 9.47 Å². The monoisotopic (exact) mass is 660 g/mol. The minimum atomic E-state index is -2.17. The van der Waals surface area contributed by atoms with Crippen LogP contribution in [-0.4, -0.2) is 66.8 Å². The Morgan fingerprint density at radius 3 is 1.89 bits per heavy atom. The summed E-state index contributed by atoms with van der Waals surface area (Å²) in [6.45, 7) is 28.9. The first-order valence-corrected chi connectivity index (χ1v) is 19.7. The SMILES string of the molecule is COCOC(C)(C=C(Br)Br)C1OC(C)(C)OC1C(CO[Si](C)(C)C(C)(C)C)O[Si](C)(C)C(C)(C)C. The second-order valence-electron chi connectivity index (χ2n) is 13.2. The lowest BCUT2D eigenvalue weighted by atomic mass is 9.92. The van der Waals surface area contributed by atoms with Crippen molar-refractivity contribution in [1.82, 2.24) is 0 Å². The molecule has 0 radical (unpaired) electrons. The third-order valence-corrected chi connectivity index (χ3v) is 17.1. The van der Waals surface area contributed by atoms with Crippen molar-refractivity contribution in [2.75, 3.05) is 20.5 Å². The van der Waals surface area contributed by atoms with Gasteiger partial charge in [-0.1, -0.05) is 41.5 Å². The van der Waals surface area contributed by atoms with Gasteiger partial charge in [0.1, 0.15) is 24.6 Å². The van der Waals surface area contributed by atoms with Gasteiger partial charge in [-0.2, -0.15) is 0 Å². The Hall–Kier alpha value is 0.894. The molecule has 1 rings (SSSR count). The fourth-order valence-electron chi connectivity index (χ4n) is 3.37. The highest BCUT2D eigenvalue weighted by Crippen LogP contribution is 2.44. The van der Waals surface area contributed by atoms with Gasteiger partial charge in [0.2, 0.25) is 0 Å². The molecule has 10 heteroatoms. The van der Waals surface area contributed by atoms with Crippen LogP contribution < -0.4 is 0 Å². The fourth-order valence-corrected chi connectivity index (χ4v) is 6.61. The molecule has 0 saturated carbocycles. The lowest BCUT2D eigenvalue weighted by molar-refractivity contribution is -0.186. The summed E-state index contributed by atoms with van der Waals surface area (Å²) in [5.74, 6) is -0.814. The maximum Gasteiger partial charge on any atom is 0.192 e. The van der Waals surface area contributed by atoms with Crippen molar-refractivity contribution in [3.63, 3.8) is 0 Å². The molecule has 35 heavy (non-hydrogen) atoms. The first-order valence-electron chi connectivity index (χ1n) is 12.3. The summed E-state index contributed by atoms with van der Waals surface area (Å²) < 4.78 is 39.0. The van der Waals surface area contributed by atoms with E-state index < -0.39 is 40.2 Å². The maximum absolute atomic E-state index is 7.02. The van der Waals surface area contributed by atoms with Crippen molar-refractivity contribution in [3.8, 4) is 0 Å². The minimum absolute atomic E-state index is 0.0291. The first kappa shape index (κ1) is 33.9. The molecular formula is C25H50Br2O6Si2. The van der Waals surface area contributed by atoms with Gasteiger partial charge in [-0.15, -0.1) is 0 Å². The minimum Gasteiger partial charge on any atom is -0.414 e. The molecule has 6 nitrogen and oxygen atoms in total. The van der Waals surface area contributed by atoms with Gasteiger partial charge >= 0.3 is 0 Å². The van der Waals surface area contributed by atoms with E-state index in [4.69, 9.17) is 27.8 Å².